The van der Waals surface area contributed by atoms with E-state index in [0.29, 0.717) is 11.8 Å². The zero-order chi connectivity index (χ0) is 11.5. The number of piperidine rings is 1. The van der Waals surface area contributed by atoms with E-state index in [1.54, 1.807) is 12.1 Å². The Kier molecular flexibility index (Phi) is 3.34. The van der Waals surface area contributed by atoms with E-state index in [4.69, 9.17) is 5.73 Å². The molecule has 1 aromatic carbocycles. The summed E-state index contributed by atoms with van der Waals surface area (Å²) in [6.07, 6.45) is 3.83. The van der Waals surface area contributed by atoms with E-state index in [1.807, 2.05) is 6.07 Å². The number of hydrogen-bond acceptors (Lipinski definition) is 3. The number of phenolic OH excluding ortho intramolecular Hbond substituents is 1. The first-order chi connectivity index (χ1) is 7.66. The predicted molar refractivity (Wildman–Crippen MR) is 66.2 cm³/mol. The zero-order valence-corrected chi connectivity index (χ0v) is 9.82. The lowest BCUT2D eigenvalue weighted by molar-refractivity contribution is 0.151. The summed E-state index contributed by atoms with van der Waals surface area (Å²) in [6, 6.07) is 5.89. The van der Waals surface area contributed by atoms with Gasteiger partial charge in [-0.2, -0.15) is 0 Å². The van der Waals surface area contributed by atoms with Crippen molar-refractivity contribution in [3.63, 3.8) is 0 Å². The van der Waals surface area contributed by atoms with Gasteiger partial charge >= 0.3 is 0 Å². The molecule has 1 fully saturated rings. The van der Waals surface area contributed by atoms with E-state index in [-0.39, 0.29) is 0 Å². The number of phenols is 1. The molecule has 1 atom stereocenters. The number of rotatable bonds is 2. The van der Waals surface area contributed by atoms with Crippen LogP contribution in [0.15, 0.2) is 18.2 Å². The highest BCUT2D eigenvalue weighted by atomic mass is 16.3. The van der Waals surface area contributed by atoms with Crippen molar-refractivity contribution in [1.82, 2.24) is 4.90 Å². The molecule has 0 spiro atoms. The topological polar surface area (TPSA) is 49.5 Å². The number of nitrogen functional groups attached to an aromatic ring is 1. The van der Waals surface area contributed by atoms with Gasteiger partial charge in [0, 0.05) is 23.8 Å². The highest BCUT2D eigenvalue weighted by Crippen LogP contribution is 2.25. The molecule has 1 aliphatic heterocycles. The standard InChI is InChI=1S/C13H20N2O/c1-10-4-2-3-7-15(10)9-11-8-12(14)5-6-13(11)16/h5-6,8,10,16H,2-4,7,9,14H2,1H3. The molecule has 1 saturated heterocycles. The van der Waals surface area contributed by atoms with Gasteiger partial charge < -0.3 is 10.8 Å². The Morgan fingerprint density at radius 3 is 3.00 bits per heavy atom. The van der Waals surface area contributed by atoms with Crippen LogP contribution in [-0.4, -0.2) is 22.6 Å². The lowest BCUT2D eigenvalue weighted by atomic mass is 10.0. The largest absolute Gasteiger partial charge is 0.508 e. The summed E-state index contributed by atoms with van der Waals surface area (Å²) >= 11 is 0. The van der Waals surface area contributed by atoms with Crippen LogP contribution in [0.5, 0.6) is 5.75 Å². The van der Waals surface area contributed by atoms with E-state index in [0.717, 1.165) is 24.3 Å². The van der Waals surface area contributed by atoms with E-state index < -0.39 is 0 Å². The van der Waals surface area contributed by atoms with Crippen LogP contribution >= 0.6 is 0 Å². The minimum absolute atomic E-state index is 0.354. The maximum absolute atomic E-state index is 9.77. The normalized spacial score (nSPS) is 22.2. The molecule has 0 saturated carbocycles. The minimum atomic E-state index is 0.354. The van der Waals surface area contributed by atoms with Gasteiger partial charge in [0.05, 0.1) is 0 Å². The summed E-state index contributed by atoms with van der Waals surface area (Å²) in [5, 5.41) is 9.77. The second kappa shape index (κ2) is 4.74. The first-order valence-electron chi connectivity index (χ1n) is 5.98. The summed E-state index contributed by atoms with van der Waals surface area (Å²) < 4.78 is 0. The Hall–Kier alpha value is -1.22. The third-order valence-electron chi connectivity index (χ3n) is 3.42. The third-order valence-corrected chi connectivity index (χ3v) is 3.42. The Labute approximate surface area is 96.9 Å². The molecule has 3 N–H and O–H groups in total. The fourth-order valence-electron chi connectivity index (χ4n) is 2.34. The van der Waals surface area contributed by atoms with Crippen molar-refractivity contribution in [1.29, 1.82) is 0 Å². The molecule has 0 bridgehead atoms. The van der Waals surface area contributed by atoms with E-state index in [9.17, 15) is 5.11 Å². The number of nitrogens with two attached hydrogens (primary N) is 1. The number of hydrogen-bond donors (Lipinski definition) is 2. The quantitative estimate of drug-likeness (QED) is 0.594. The Morgan fingerprint density at radius 1 is 1.44 bits per heavy atom. The summed E-state index contributed by atoms with van der Waals surface area (Å²) in [4.78, 5) is 2.41. The maximum Gasteiger partial charge on any atom is 0.120 e. The van der Waals surface area contributed by atoms with Gasteiger partial charge in [-0.05, 0) is 44.5 Å². The molecule has 16 heavy (non-hydrogen) atoms. The highest BCUT2D eigenvalue weighted by Gasteiger charge is 2.19. The highest BCUT2D eigenvalue weighted by molar-refractivity contribution is 5.47. The van der Waals surface area contributed by atoms with Gasteiger partial charge in [-0.3, -0.25) is 4.90 Å². The monoisotopic (exact) mass is 220 g/mol. The second-order valence-electron chi connectivity index (χ2n) is 4.70. The molecule has 1 aromatic rings. The molecule has 0 radical (unpaired) electrons. The fraction of sp³-hybridized carbons (Fsp3) is 0.538. The van der Waals surface area contributed by atoms with Crippen molar-refractivity contribution in [2.75, 3.05) is 12.3 Å². The van der Waals surface area contributed by atoms with Crippen LogP contribution in [0.2, 0.25) is 0 Å². The van der Waals surface area contributed by atoms with Crippen LogP contribution in [-0.2, 0) is 6.54 Å². The lowest BCUT2D eigenvalue weighted by Gasteiger charge is -2.33. The number of anilines is 1. The molecule has 3 heteroatoms. The van der Waals surface area contributed by atoms with Crippen molar-refractivity contribution in [3.05, 3.63) is 23.8 Å². The van der Waals surface area contributed by atoms with Gasteiger partial charge in [0.25, 0.3) is 0 Å². The van der Waals surface area contributed by atoms with Crippen molar-refractivity contribution >= 4 is 5.69 Å². The van der Waals surface area contributed by atoms with Crippen molar-refractivity contribution in [2.24, 2.45) is 0 Å². The molecule has 1 unspecified atom stereocenters. The molecular weight excluding hydrogens is 200 g/mol. The number of aromatic hydroxyl groups is 1. The Bertz CT molecular complexity index is 365. The number of nitrogens with zero attached hydrogens (tertiary/aromatic N) is 1. The van der Waals surface area contributed by atoms with Gasteiger partial charge in [0.1, 0.15) is 5.75 Å². The Morgan fingerprint density at radius 2 is 2.25 bits per heavy atom. The maximum atomic E-state index is 9.77. The lowest BCUT2D eigenvalue weighted by Crippen LogP contribution is -2.36. The molecule has 3 nitrogen and oxygen atoms in total. The van der Waals surface area contributed by atoms with Crippen LogP contribution in [0.25, 0.3) is 0 Å². The molecule has 2 rings (SSSR count). The zero-order valence-electron chi connectivity index (χ0n) is 9.82. The number of likely N-dealkylation sites (tertiary alicyclic amines) is 1. The predicted octanol–water partition coefficient (Wildman–Crippen LogP) is 2.35. The average molecular weight is 220 g/mol. The van der Waals surface area contributed by atoms with Crippen LogP contribution in [0, 0.1) is 0 Å². The molecule has 0 aliphatic carbocycles. The molecule has 0 aromatic heterocycles. The van der Waals surface area contributed by atoms with Crippen molar-refractivity contribution in [2.45, 2.75) is 38.8 Å². The van der Waals surface area contributed by atoms with Crippen LogP contribution in [0.4, 0.5) is 5.69 Å². The summed E-state index contributed by atoms with van der Waals surface area (Å²) in [6.45, 7) is 4.18. The SMILES string of the molecule is CC1CCCCN1Cc1cc(N)ccc1O. The second-order valence-corrected chi connectivity index (χ2v) is 4.70. The molecule has 88 valence electrons. The third kappa shape index (κ3) is 2.47. The Balaban J connectivity index is 2.10. The van der Waals surface area contributed by atoms with Gasteiger partial charge in [-0.25, -0.2) is 0 Å². The van der Waals surface area contributed by atoms with E-state index >= 15 is 0 Å². The molecule has 1 aliphatic rings. The van der Waals surface area contributed by atoms with Gasteiger partial charge in [-0.1, -0.05) is 6.42 Å². The summed E-state index contributed by atoms with van der Waals surface area (Å²) in [5.74, 6) is 0.354. The van der Waals surface area contributed by atoms with E-state index in [2.05, 4.69) is 11.8 Å². The summed E-state index contributed by atoms with van der Waals surface area (Å²) in [7, 11) is 0. The number of benzene rings is 1. The molecule has 1 heterocycles. The van der Waals surface area contributed by atoms with Gasteiger partial charge in [0.2, 0.25) is 0 Å². The minimum Gasteiger partial charge on any atom is -0.508 e. The van der Waals surface area contributed by atoms with Crippen molar-refractivity contribution in [3.8, 4) is 5.75 Å². The molecular formula is C13H20N2O. The average Bonchev–Trinajstić information content (AvgIpc) is 2.27. The molecule has 0 amide bonds. The van der Waals surface area contributed by atoms with Crippen LogP contribution in [0.3, 0.4) is 0 Å². The van der Waals surface area contributed by atoms with Crippen LogP contribution < -0.4 is 5.73 Å². The van der Waals surface area contributed by atoms with Gasteiger partial charge in [-0.15, -0.1) is 0 Å². The fourth-order valence-corrected chi connectivity index (χ4v) is 2.34. The first-order valence-corrected chi connectivity index (χ1v) is 5.98. The van der Waals surface area contributed by atoms with Gasteiger partial charge in [0.15, 0.2) is 0 Å². The summed E-state index contributed by atoms with van der Waals surface area (Å²) in [5.41, 5.74) is 7.40. The first kappa shape index (κ1) is 11.3. The van der Waals surface area contributed by atoms with Crippen molar-refractivity contribution < 1.29 is 5.11 Å². The smallest absolute Gasteiger partial charge is 0.120 e. The van der Waals surface area contributed by atoms with Crippen LogP contribution in [0.1, 0.15) is 31.7 Å². The van der Waals surface area contributed by atoms with E-state index in [1.165, 1.54) is 19.3 Å².